The first kappa shape index (κ1) is 26.5. The number of amides is 2. The molecule has 0 aliphatic heterocycles. The number of anilines is 1. The molecule has 8 nitrogen and oxygen atoms in total. The van der Waals surface area contributed by atoms with Crippen LogP contribution in [0.15, 0.2) is 72.9 Å². The number of fused-ring (bicyclic) bond motifs is 1. The van der Waals surface area contributed by atoms with Gasteiger partial charge in [0.05, 0.1) is 0 Å². The molecule has 0 spiro atoms. The quantitative estimate of drug-likeness (QED) is 0.252. The van der Waals surface area contributed by atoms with Crippen molar-refractivity contribution in [2.45, 2.75) is 39.2 Å². The van der Waals surface area contributed by atoms with Crippen molar-refractivity contribution in [3.8, 4) is 11.5 Å². The summed E-state index contributed by atoms with van der Waals surface area (Å²) in [5.41, 5.74) is 3.69. The molecule has 1 unspecified atom stereocenters. The van der Waals surface area contributed by atoms with Crippen molar-refractivity contribution in [3.63, 3.8) is 0 Å². The molecule has 3 aromatic carbocycles. The van der Waals surface area contributed by atoms with Crippen LogP contribution in [0, 0.1) is 6.92 Å². The lowest BCUT2D eigenvalue weighted by molar-refractivity contribution is -0.137. The highest BCUT2D eigenvalue weighted by molar-refractivity contribution is 6.00. The van der Waals surface area contributed by atoms with Gasteiger partial charge in [-0.1, -0.05) is 30.3 Å². The van der Waals surface area contributed by atoms with E-state index in [1.165, 1.54) is 0 Å². The first-order valence-electron chi connectivity index (χ1n) is 12.5. The minimum Gasteiger partial charge on any atom is -0.481 e. The maximum atomic E-state index is 13.5. The Kier molecular flexibility index (Phi) is 8.11. The van der Waals surface area contributed by atoms with Crippen molar-refractivity contribution in [2.24, 2.45) is 0 Å². The summed E-state index contributed by atoms with van der Waals surface area (Å²) in [6, 6.07) is 19.6. The third-order valence-corrected chi connectivity index (χ3v) is 6.47. The van der Waals surface area contributed by atoms with Crippen molar-refractivity contribution >= 4 is 34.4 Å². The van der Waals surface area contributed by atoms with Gasteiger partial charge in [-0.2, -0.15) is 0 Å². The summed E-state index contributed by atoms with van der Waals surface area (Å²) in [5, 5.41) is 15.7. The smallest absolute Gasteiger partial charge is 0.303 e. The molecule has 0 saturated carbocycles. The summed E-state index contributed by atoms with van der Waals surface area (Å²) in [7, 11) is 1.58. The predicted molar refractivity (Wildman–Crippen MR) is 147 cm³/mol. The van der Waals surface area contributed by atoms with Crippen LogP contribution in [-0.2, 0) is 16.0 Å². The predicted octanol–water partition coefficient (Wildman–Crippen LogP) is 5.71. The third kappa shape index (κ3) is 6.03. The second-order valence-electron chi connectivity index (χ2n) is 9.18. The number of aromatic nitrogens is 1. The molecule has 1 atom stereocenters. The van der Waals surface area contributed by atoms with Crippen LogP contribution >= 0.6 is 0 Å². The fourth-order valence-electron chi connectivity index (χ4n) is 4.40. The Morgan fingerprint density at radius 1 is 1.00 bits per heavy atom. The molecule has 0 bridgehead atoms. The molecule has 2 amide bonds. The van der Waals surface area contributed by atoms with E-state index in [4.69, 9.17) is 9.84 Å². The summed E-state index contributed by atoms with van der Waals surface area (Å²) < 4.78 is 7.82. The Morgan fingerprint density at radius 2 is 1.76 bits per heavy atom. The van der Waals surface area contributed by atoms with Crippen LogP contribution < -0.4 is 15.4 Å². The first-order valence-corrected chi connectivity index (χ1v) is 12.5. The zero-order valence-electron chi connectivity index (χ0n) is 21.7. The fraction of sp³-hybridized carbons (Fsp3) is 0.233. The molecule has 4 rings (SSSR count). The Hall–Kier alpha value is -4.59. The molecule has 0 saturated heterocycles. The lowest BCUT2D eigenvalue weighted by Crippen LogP contribution is -2.24. The standard InChI is InChI=1S/C30H31N3O5/c1-19-18-33(27-16-22(30(37)31-3)13-15-25(19)27)20(2)29(36)32-26-17-24(38-23-9-5-4-6-10-23)14-12-21(26)8-7-11-28(34)35/h4-6,9-10,12-18,20H,7-8,11H2,1-3H3,(H,31,37)(H,32,36)(H,34,35). The van der Waals surface area contributed by atoms with Gasteiger partial charge in [0, 0.05) is 47.9 Å². The van der Waals surface area contributed by atoms with Gasteiger partial charge in [-0.05, 0) is 68.1 Å². The lowest BCUT2D eigenvalue weighted by Gasteiger charge is -2.18. The van der Waals surface area contributed by atoms with Gasteiger partial charge in [0.25, 0.3) is 5.91 Å². The van der Waals surface area contributed by atoms with E-state index in [-0.39, 0.29) is 18.2 Å². The van der Waals surface area contributed by atoms with Gasteiger partial charge < -0.3 is 25.0 Å². The summed E-state index contributed by atoms with van der Waals surface area (Å²) in [6.45, 7) is 3.77. The lowest BCUT2D eigenvalue weighted by atomic mass is 10.1. The van der Waals surface area contributed by atoms with Crippen molar-refractivity contribution in [3.05, 3.63) is 89.6 Å². The number of nitrogens with zero attached hydrogens (tertiary/aromatic N) is 1. The van der Waals surface area contributed by atoms with Crippen molar-refractivity contribution in [1.29, 1.82) is 0 Å². The van der Waals surface area contributed by atoms with E-state index in [1.807, 2.05) is 66.2 Å². The number of rotatable bonds is 10. The molecule has 1 heterocycles. The molecule has 8 heteroatoms. The summed E-state index contributed by atoms with van der Waals surface area (Å²) >= 11 is 0. The second kappa shape index (κ2) is 11.6. The highest BCUT2D eigenvalue weighted by atomic mass is 16.5. The van der Waals surface area contributed by atoms with Crippen LogP contribution in [0.4, 0.5) is 5.69 Å². The maximum Gasteiger partial charge on any atom is 0.303 e. The molecule has 0 radical (unpaired) electrons. The Balaban J connectivity index is 1.62. The van der Waals surface area contributed by atoms with Crippen molar-refractivity contribution in [1.82, 2.24) is 9.88 Å². The Labute approximate surface area is 221 Å². The van der Waals surface area contributed by atoms with Crippen LogP contribution in [-0.4, -0.2) is 34.5 Å². The molecule has 0 aliphatic carbocycles. The number of aliphatic carboxylic acids is 1. The van der Waals surface area contributed by atoms with Gasteiger partial charge in [0.2, 0.25) is 5.91 Å². The van der Waals surface area contributed by atoms with Gasteiger partial charge in [0.1, 0.15) is 17.5 Å². The number of nitrogens with one attached hydrogen (secondary N) is 2. The number of carboxylic acid groups (broad SMARTS) is 1. The number of carbonyl (C=O) groups is 3. The summed E-state index contributed by atoms with van der Waals surface area (Å²) in [6.07, 6.45) is 2.87. The number of carbonyl (C=O) groups excluding carboxylic acids is 2. The molecule has 3 N–H and O–H groups in total. The van der Waals surface area contributed by atoms with Gasteiger partial charge in [-0.3, -0.25) is 14.4 Å². The molecular formula is C30H31N3O5. The number of benzene rings is 3. The normalized spacial score (nSPS) is 11.7. The van der Waals surface area contributed by atoms with Gasteiger partial charge in [-0.15, -0.1) is 0 Å². The Bertz CT molecular complexity index is 1480. The molecule has 196 valence electrons. The molecule has 4 aromatic rings. The van der Waals surface area contributed by atoms with E-state index >= 15 is 0 Å². The monoisotopic (exact) mass is 513 g/mol. The molecule has 0 fully saturated rings. The topological polar surface area (TPSA) is 110 Å². The Morgan fingerprint density at radius 3 is 2.47 bits per heavy atom. The van der Waals surface area contributed by atoms with Crippen molar-refractivity contribution in [2.75, 3.05) is 12.4 Å². The van der Waals surface area contributed by atoms with E-state index in [0.717, 1.165) is 22.0 Å². The molecule has 38 heavy (non-hydrogen) atoms. The zero-order chi connectivity index (χ0) is 27.2. The van der Waals surface area contributed by atoms with E-state index in [9.17, 15) is 14.4 Å². The summed E-state index contributed by atoms with van der Waals surface area (Å²) in [4.78, 5) is 36.7. The van der Waals surface area contributed by atoms with Gasteiger partial charge in [-0.25, -0.2) is 0 Å². The third-order valence-electron chi connectivity index (χ3n) is 6.47. The molecular weight excluding hydrogens is 482 g/mol. The average molecular weight is 514 g/mol. The number of hydrogen-bond donors (Lipinski definition) is 3. The van der Waals surface area contributed by atoms with Crippen LogP contribution in [0.3, 0.4) is 0 Å². The second-order valence-corrected chi connectivity index (χ2v) is 9.18. The van der Waals surface area contributed by atoms with Crippen molar-refractivity contribution < 1.29 is 24.2 Å². The highest BCUT2D eigenvalue weighted by Crippen LogP contribution is 2.30. The number of ether oxygens (including phenoxy) is 1. The van der Waals surface area contributed by atoms with E-state index in [2.05, 4.69) is 10.6 Å². The number of hydrogen-bond acceptors (Lipinski definition) is 4. The zero-order valence-corrected chi connectivity index (χ0v) is 21.7. The van der Waals surface area contributed by atoms with E-state index in [0.29, 0.717) is 35.6 Å². The van der Waals surface area contributed by atoms with Crippen LogP contribution in [0.25, 0.3) is 10.9 Å². The molecule has 0 aliphatic rings. The van der Waals surface area contributed by atoms with Gasteiger partial charge in [0.15, 0.2) is 0 Å². The minimum absolute atomic E-state index is 0.0361. The largest absolute Gasteiger partial charge is 0.481 e. The SMILES string of the molecule is CNC(=O)c1ccc2c(C)cn(C(C)C(=O)Nc3cc(Oc4ccccc4)ccc3CCCC(=O)O)c2c1. The fourth-order valence-corrected chi connectivity index (χ4v) is 4.40. The first-order chi connectivity index (χ1) is 18.3. The van der Waals surface area contributed by atoms with E-state index < -0.39 is 12.0 Å². The van der Waals surface area contributed by atoms with Crippen LogP contribution in [0.1, 0.15) is 47.3 Å². The van der Waals surface area contributed by atoms with Crippen LogP contribution in [0.2, 0.25) is 0 Å². The van der Waals surface area contributed by atoms with E-state index in [1.54, 1.807) is 32.2 Å². The minimum atomic E-state index is -0.862. The average Bonchev–Trinajstić information content (AvgIpc) is 3.24. The molecule has 1 aromatic heterocycles. The number of aryl methyl sites for hydroxylation is 2. The maximum absolute atomic E-state index is 13.5. The highest BCUT2D eigenvalue weighted by Gasteiger charge is 2.20. The number of carboxylic acids is 1. The summed E-state index contributed by atoms with van der Waals surface area (Å²) in [5.74, 6) is -0.0879. The van der Waals surface area contributed by atoms with Gasteiger partial charge >= 0.3 is 5.97 Å². The van der Waals surface area contributed by atoms with Crippen LogP contribution in [0.5, 0.6) is 11.5 Å². The number of para-hydroxylation sites is 1.